The second-order valence-electron chi connectivity index (χ2n) is 5.94. The summed E-state index contributed by atoms with van der Waals surface area (Å²) in [5, 5.41) is 6.50. The maximum Gasteiger partial charge on any atom is 0.153 e. The molecule has 0 bridgehead atoms. The number of halogens is 2. The van der Waals surface area contributed by atoms with Crippen LogP contribution in [0.15, 0.2) is 48.8 Å². The summed E-state index contributed by atoms with van der Waals surface area (Å²) in [7, 11) is 0.351. The Morgan fingerprint density at radius 1 is 1.10 bits per heavy atom. The summed E-state index contributed by atoms with van der Waals surface area (Å²) in [5.74, 6) is 0.342. The smallest absolute Gasteiger partial charge is 0.153 e. The molecule has 1 unspecified atom stereocenters. The van der Waals surface area contributed by atoms with Crippen LogP contribution >= 0.6 is 11.6 Å². The maximum absolute atomic E-state index is 13.0. The number of anilines is 5. The minimum atomic E-state index is -1.30. The number of carbonyl (C=O) groups excluding carboxylic acids is 1. The first-order valence-corrected chi connectivity index (χ1v) is 10.2. The van der Waals surface area contributed by atoms with Crippen molar-refractivity contribution in [2.24, 2.45) is 0 Å². The van der Waals surface area contributed by atoms with Crippen molar-refractivity contribution >= 4 is 57.6 Å². The fourth-order valence-corrected chi connectivity index (χ4v) is 3.33. The molecule has 0 aliphatic carbocycles. The zero-order valence-electron chi connectivity index (χ0n) is 15.5. The van der Waals surface area contributed by atoms with E-state index in [1.165, 1.54) is 28.9 Å². The molecule has 0 saturated carbocycles. The van der Waals surface area contributed by atoms with Crippen molar-refractivity contribution in [1.82, 2.24) is 9.97 Å². The van der Waals surface area contributed by atoms with E-state index in [9.17, 15) is 13.4 Å². The molecule has 3 rings (SSSR count). The molecule has 0 saturated heterocycles. The Morgan fingerprint density at radius 2 is 1.86 bits per heavy atom. The topological polar surface area (TPSA) is 87.2 Å². The number of aromatic nitrogens is 2. The van der Waals surface area contributed by atoms with E-state index in [4.69, 9.17) is 11.6 Å². The van der Waals surface area contributed by atoms with Crippen molar-refractivity contribution < 1.29 is 13.4 Å². The number of nitrogens with one attached hydrogen (secondary N) is 2. The number of aldehydes is 1. The molecule has 0 fully saturated rings. The van der Waals surface area contributed by atoms with Gasteiger partial charge in [0.15, 0.2) is 6.29 Å². The average Bonchev–Trinajstić information content (AvgIpc) is 2.70. The fraction of sp³-hybridized carbons (Fsp3) is 0.105. The highest BCUT2D eigenvalue weighted by molar-refractivity contribution is 7.85. The maximum atomic E-state index is 13.0. The number of hydrogen-bond donors (Lipinski definition) is 2. The van der Waals surface area contributed by atoms with Crippen molar-refractivity contribution in [3.63, 3.8) is 0 Å². The third-order valence-corrected chi connectivity index (χ3v) is 5.26. The minimum Gasteiger partial charge on any atom is -0.353 e. The highest BCUT2D eigenvalue weighted by Gasteiger charge is 2.16. The van der Waals surface area contributed by atoms with Gasteiger partial charge in [-0.1, -0.05) is 17.7 Å². The molecule has 2 aromatic heterocycles. The SMILES string of the molecule is CN(c1c(Cl)cccc1Nc1cc(Nc2ccc(F)cn2)ncc1C=O)S(C)=O. The third kappa shape index (κ3) is 4.87. The third-order valence-electron chi connectivity index (χ3n) is 4.00. The second-order valence-corrected chi connectivity index (χ2v) is 7.75. The number of hydrogen-bond acceptors (Lipinski definition) is 6. The quantitative estimate of drug-likeness (QED) is 0.540. The van der Waals surface area contributed by atoms with Gasteiger partial charge in [0.25, 0.3) is 0 Å². The first-order chi connectivity index (χ1) is 13.9. The Morgan fingerprint density at radius 3 is 2.52 bits per heavy atom. The van der Waals surface area contributed by atoms with Crippen molar-refractivity contribution in [3.8, 4) is 0 Å². The number of rotatable bonds is 7. The fourth-order valence-electron chi connectivity index (χ4n) is 2.53. The molecule has 2 heterocycles. The molecule has 0 aliphatic heterocycles. The van der Waals surface area contributed by atoms with Gasteiger partial charge >= 0.3 is 0 Å². The molecule has 2 N–H and O–H groups in total. The van der Waals surface area contributed by atoms with E-state index in [2.05, 4.69) is 20.6 Å². The molecule has 10 heteroatoms. The minimum absolute atomic E-state index is 0.314. The van der Waals surface area contributed by atoms with Crippen LogP contribution in [0.2, 0.25) is 5.02 Å². The standard InChI is InChI=1S/C19H17ClFN5O2S/c1-26(29(2)28)19-14(20)4-3-5-15(19)24-16-8-18(22-9-12(16)11-27)25-17-7-6-13(21)10-23-17/h3-11H,1-2H3,(H2,22,23,24,25). The van der Waals surface area contributed by atoms with E-state index in [-0.39, 0.29) is 0 Å². The molecule has 1 atom stereocenters. The van der Waals surface area contributed by atoms with Crippen LogP contribution in [0.5, 0.6) is 0 Å². The normalized spacial score (nSPS) is 11.6. The van der Waals surface area contributed by atoms with Crippen LogP contribution in [-0.4, -0.2) is 33.8 Å². The van der Waals surface area contributed by atoms with Gasteiger partial charge < -0.3 is 10.6 Å². The lowest BCUT2D eigenvalue weighted by Gasteiger charge is -2.22. The van der Waals surface area contributed by atoms with Crippen LogP contribution in [0.1, 0.15) is 10.4 Å². The second kappa shape index (κ2) is 8.97. The highest BCUT2D eigenvalue weighted by atomic mass is 35.5. The molecule has 150 valence electrons. The van der Waals surface area contributed by atoms with E-state index < -0.39 is 16.8 Å². The van der Waals surface area contributed by atoms with Gasteiger partial charge in [-0.2, -0.15) is 0 Å². The molecular formula is C19H17ClFN5O2S. The van der Waals surface area contributed by atoms with Gasteiger partial charge in [-0.3, -0.25) is 9.10 Å². The van der Waals surface area contributed by atoms with Crippen LogP contribution in [0.3, 0.4) is 0 Å². The van der Waals surface area contributed by atoms with Crippen molar-refractivity contribution in [2.45, 2.75) is 0 Å². The molecule has 7 nitrogen and oxygen atoms in total. The molecule has 0 spiro atoms. The molecule has 0 amide bonds. The summed E-state index contributed by atoms with van der Waals surface area (Å²) in [6.45, 7) is 0. The number of nitrogens with zero attached hydrogens (tertiary/aromatic N) is 3. The Hall–Kier alpha value is -3.04. The first kappa shape index (κ1) is 20.7. The van der Waals surface area contributed by atoms with Gasteiger partial charge in [0.1, 0.15) is 28.4 Å². The Balaban J connectivity index is 1.96. The Bertz CT molecular complexity index is 1060. The van der Waals surface area contributed by atoms with E-state index in [1.54, 1.807) is 31.3 Å². The van der Waals surface area contributed by atoms with E-state index in [0.29, 0.717) is 45.6 Å². The van der Waals surface area contributed by atoms with E-state index >= 15 is 0 Å². The van der Waals surface area contributed by atoms with Gasteiger partial charge in [-0.15, -0.1) is 0 Å². The molecule has 3 aromatic rings. The predicted octanol–water partition coefficient (Wildman–Crippen LogP) is 4.30. The lowest BCUT2D eigenvalue weighted by Crippen LogP contribution is -2.20. The monoisotopic (exact) mass is 433 g/mol. The van der Waals surface area contributed by atoms with Crippen LogP contribution in [0.25, 0.3) is 0 Å². The van der Waals surface area contributed by atoms with Crippen molar-refractivity contribution in [2.75, 3.05) is 28.2 Å². The lowest BCUT2D eigenvalue weighted by atomic mass is 10.2. The summed E-state index contributed by atoms with van der Waals surface area (Å²) in [4.78, 5) is 19.6. The number of para-hydroxylation sites is 1. The number of pyridine rings is 2. The van der Waals surface area contributed by atoms with Crippen molar-refractivity contribution in [3.05, 3.63) is 65.2 Å². The van der Waals surface area contributed by atoms with Crippen LogP contribution in [0.4, 0.5) is 33.1 Å². The van der Waals surface area contributed by atoms with Crippen LogP contribution in [0, 0.1) is 5.82 Å². The molecule has 0 radical (unpaired) electrons. The largest absolute Gasteiger partial charge is 0.353 e. The molecular weight excluding hydrogens is 417 g/mol. The van der Waals surface area contributed by atoms with Crippen molar-refractivity contribution in [1.29, 1.82) is 0 Å². The Kier molecular flexibility index (Phi) is 6.40. The molecule has 0 aliphatic rings. The van der Waals surface area contributed by atoms with E-state index in [0.717, 1.165) is 6.20 Å². The summed E-state index contributed by atoms with van der Waals surface area (Å²) in [5.41, 5.74) is 1.86. The van der Waals surface area contributed by atoms with Gasteiger partial charge in [0, 0.05) is 25.6 Å². The number of benzene rings is 1. The Labute approximate surface area is 174 Å². The average molecular weight is 434 g/mol. The van der Waals surface area contributed by atoms with Crippen LogP contribution < -0.4 is 14.9 Å². The zero-order chi connectivity index (χ0) is 21.0. The lowest BCUT2D eigenvalue weighted by molar-refractivity contribution is 0.112. The summed E-state index contributed by atoms with van der Waals surface area (Å²) in [6.07, 6.45) is 4.68. The van der Waals surface area contributed by atoms with Gasteiger partial charge in [0.2, 0.25) is 0 Å². The summed E-state index contributed by atoms with van der Waals surface area (Å²) < 4.78 is 26.5. The molecule has 1 aromatic carbocycles. The summed E-state index contributed by atoms with van der Waals surface area (Å²) in [6, 6.07) is 9.54. The van der Waals surface area contributed by atoms with Gasteiger partial charge in [-0.05, 0) is 24.3 Å². The highest BCUT2D eigenvalue weighted by Crippen LogP contribution is 2.36. The van der Waals surface area contributed by atoms with E-state index in [1.807, 2.05) is 0 Å². The first-order valence-electron chi connectivity index (χ1n) is 8.35. The zero-order valence-corrected chi connectivity index (χ0v) is 17.1. The molecule has 29 heavy (non-hydrogen) atoms. The number of carbonyl (C=O) groups is 1. The summed E-state index contributed by atoms with van der Waals surface area (Å²) >= 11 is 6.31. The van der Waals surface area contributed by atoms with Gasteiger partial charge in [-0.25, -0.2) is 18.6 Å². The predicted molar refractivity (Wildman–Crippen MR) is 114 cm³/mol. The van der Waals surface area contributed by atoms with Crippen LogP contribution in [-0.2, 0) is 11.0 Å². The van der Waals surface area contributed by atoms with Gasteiger partial charge in [0.05, 0.1) is 33.8 Å².